The number of carbonyl (C=O) groups is 1. The lowest BCUT2D eigenvalue weighted by Gasteiger charge is -2.37. The Labute approximate surface area is 122 Å². The van der Waals surface area contributed by atoms with Crippen molar-refractivity contribution in [2.24, 2.45) is 0 Å². The van der Waals surface area contributed by atoms with Gasteiger partial charge in [-0.2, -0.15) is 0 Å². The zero-order valence-electron chi connectivity index (χ0n) is 13.2. The van der Waals surface area contributed by atoms with E-state index in [0.29, 0.717) is 6.42 Å². The molecule has 1 rings (SSSR count). The second-order valence-corrected chi connectivity index (χ2v) is 5.84. The van der Waals surface area contributed by atoms with E-state index in [2.05, 4.69) is 12.2 Å². The highest BCUT2D eigenvalue weighted by Gasteiger charge is 2.38. The predicted octanol–water partition coefficient (Wildman–Crippen LogP) is 2.93. The van der Waals surface area contributed by atoms with Gasteiger partial charge in [-0.3, -0.25) is 4.79 Å². The van der Waals surface area contributed by atoms with Crippen molar-refractivity contribution in [1.82, 2.24) is 5.32 Å². The maximum atomic E-state index is 11.7. The van der Waals surface area contributed by atoms with E-state index in [4.69, 9.17) is 14.5 Å². The Morgan fingerprint density at radius 1 is 1.45 bits per heavy atom. The second kappa shape index (κ2) is 8.60. The minimum atomic E-state index is -0.625. The highest BCUT2D eigenvalue weighted by atomic mass is 17.2. The second-order valence-electron chi connectivity index (χ2n) is 5.84. The summed E-state index contributed by atoms with van der Waals surface area (Å²) in [4.78, 5) is 22.5. The van der Waals surface area contributed by atoms with E-state index in [1.165, 1.54) is 6.42 Å². The van der Waals surface area contributed by atoms with Gasteiger partial charge in [-0.1, -0.05) is 19.8 Å². The minimum Gasteiger partial charge on any atom is -0.354 e. The molecule has 1 saturated heterocycles. The van der Waals surface area contributed by atoms with Gasteiger partial charge in [0, 0.05) is 26.0 Å². The fourth-order valence-electron chi connectivity index (χ4n) is 2.40. The molecular formula is C15H29NO4. The molecule has 1 N–H and O–H groups in total. The van der Waals surface area contributed by atoms with E-state index in [9.17, 15) is 4.79 Å². The molecule has 118 valence electrons. The molecule has 1 fully saturated rings. The first-order valence-corrected chi connectivity index (χ1v) is 7.70. The molecule has 2 unspecified atom stereocenters. The first-order chi connectivity index (χ1) is 9.51. The summed E-state index contributed by atoms with van der Waals surface area (Å²) in [5.74, 6) is -0.621. The highest BCUT2D eigenvalue weighted by Crippen LogP contribution is 2.33. The predicted molar refractivity (Wildman–Crippen MR) is 77.0 cm³/mol. The van der Waals surface area contributed by atoms with Gasteiger partial charge >= 0.3 is 0 Å². The molecular weight excluding hydrogens is 258 g/mol. The molecule has 0 spiro atoms. The third-order valence-electron chi connectivity index (χ3n) is 3.58. The Hall–Kier alpha value is -0.650. The Kier molecular flexibility index (Phi) is 7.48. The van der Waals surface area contributed by atoms with Crippen LogP contribution in [0.4, 0.5) is 0 Å². The van der Waals surface area contributed by atoms with Gasteiger partial charge in [0.25, 0.3) is 0 Å². The third kappa shape index (κ3) is 5.77. The summed E-state index contributed by atoms with van der Waals surface area (Å²) in [5.41, 5.74) is 0. The average Bonchev–Trinajstić information content (AvgIpc) is 2.40. The summed E-state index contributed by atoms with van der Waals surface area (Å²) in [6.07, 6.45) is 5.94. The monoisotopic (exact) mass is 287 g/mol. The van der Waals surface area contributed by atoms with Crippen LogP contribution in [-0.2, 0) is 19.3 Å². The molecule has 0 bridgehead atoms. The molecule has 20 heavy (non-hydrogen) atoms. The van der Waals surface area contributed by atoms with Crippen molar-refractivity contribution in [3.05, 3.63) is 0 Å². The fraction of sp³-hybridized carbons (Fsp3) is 0.933. The van der Waals surface area contributed by atoms with Crippen molar-refractivity contribution in [3.8, 4) is 0 Å². The molecule has 1 aliphatic rings. The van der Waals surface area contributed by atoms with Crippen LogP contribution in [0, 0.1) is 0 Å². The summed E-state index contributed by atoms with van der Waals surface area (Å²) in [6.45, 7) is 6.06. The number of methoxy groups -OCH3 is 1. The van der Waals surface area contributed by atoms with Crippen LogP contribution in [-0.4, -0.2) is 30.9 Å². The van der Waals surface area contributed by atoms with Crippen molar-refractivity contribution in [2.45, 2.75) is 83.6 Å². The van der Waals surface area contributed by atoms with Crippen LogP contribution in [0.15, 0.2) is 0 Å². The topological polar surface area (TPSA) is 56.8 Å². The lowest BCUT2D eigenvalue weighted by Crippen LogP contribution is -2.43. The number of unbranched alkanes of at least 4 members (excludes halogenated alkanes) is 2. The highest BCUT2D eigenvalue weighted by molar-refractivity contribution is 5.76. The SMILES string of the molecule is CCCCCC1(OC)CCC(CC(=O)NC(C)C)OO1. The van der Waals surface area contributed by atoms with Crippen LogP contribution >= 0.6 is 0 Å². The largest absolute Gasteiger partial charge is 0.354 e. The molecule has 0 aliphatic carbocycles. The number of hydrogen-bond acceptors (Lipinski definition) is 4. The molecule has 5 nitrogen and oxygen atoms in total. The molecule has 2 atom stereocenters. The molecule has 0 aromatic rings. The summed E-state index contributed by atoms with van der Waals surface area (Å²) in [6, 6.07) is 0.152. The van der Waals surface area contributed by atoms with Gasteiger partial charge < -0.3 is 10.1 Å². The molecule has 1 amide bonds. The Balaban J connectivity index is 2.35. The zero-order valence-corrected chi connectivity index (χ0v) is 13.2. The number of ether oxygens (including phenoxy) is 1. The van der Waals surface area contributed by atoms with Crippen LogP contribution in [0.5, 0.6) is 0 Å². The smallest absolute Gasteiger partial charge is 0.222 e. The van der Waals surface area contributed by atoms with Crippen molar-refractivity contribution in [1.29, 1.82) is 0 Å². The van der Waals surface area contributed by atoms with Gasteiger partial charge in [-0.25, -0.2) is 9.78 Å². The molecule has 0 radical (unpaired) electrons. The number of rotatable bonds is 8. The minimum absolute atomic E-state index is 0.00417. The molecule has 1 aliphatic heterocycles. The van der Waals surface area contributed by atoms with Crippen LogP contribution < -0.4 is 5.32 Å². The van der Waals surface area contributed by atoms with Gasteiger partial charge in [0.2, 0.25) is 11.7 Å². The summed E-state index contributed by atoms with van der Waals surface area (Å²) >= 11 is 0. The standard InChI is InChI=1S/C15H29NO4/c1-5-6-7-9-15(18-4)10-8-13(19-20-15)11-14(17)16-12(2)3/h12-13H,5-11H2,1-4H3,(H,16,17). The van der Waals surface area contributed by atoms with E-state index in [-0.39, 0.29) is 18.1 Å². The van der Waals surface area contributed by atoms with Gasteiger partial charge in [-0.05, 0) is 26.7 Å². The van der Waals surface area contributed by atoms with Gasteiger partial charge in [-0.15, -0.1) is 0 Å². The van der Waals surface area contributed by atoms with Crippen molar-refractivity contribution in [3.63, 3.8) is 0 Å². The van der Waals surface area contributed by atoms with E-state index in [1.807, 2.05) is 13.8 Å². The lowest BCUT2D eigenvalue weighted by atomic mass is 9.98. The fourth-order valence-corrected chi connectivity index (χ4v) is 2.40. The van der Waals surface area contributed by atoms with E-state index >= 15 is 0 Å². The van der Waals surface area contributed by atoms with E-state index in [1.54, 1.807) is 7.11 Å². The van der Waals surface area contributed by atoms with Crippen molar-refractivity contribution >= 4 is 5.91 Å². The average molecular weight is 287 g/mol. The molecule has 5 heteroatoms. The van der Waals surface area contributed by atoms with Crippen LogP contribution in [0.3, 0.4) is 0 Å². The number of carbonyl (C=O) groups excluding carboxylic acids is 1. The Morgan fingerprint density at radius 3 is 2.70 bits per heavy atom. The summed E-state index contributed by atoms with van der Waals surface area (Å²) < 4.78 is 5.50. The zero-order chi connectivity index (χ0) is 15.0. The Morgan fingerprint density at radius 2 is 2.20 bits per heavy atom. The van der Waals surface area contributed by atoms with Gasteiger partial charge in [0.1, 0.15) is 6.10 Å². The van der Waals surface area contributed by atoms with Gasteiger partial charge in [0.15, 0.2) is 0 Å². The van der Waals surface area contributed by atoms with Crippen LogP contribution in [0.2, 0.25) is 0 Å². The third-order valence-corrected chi connectivity index (χ3v) is 3.58. The molecule has 1 heterocycles. The summed E-state index contributed by atoms with van der Waals surface area (Å²) in [5, 5.41) is 2.86. The first kappa shape index (κ1) is 17.4. The van der Waals surface area contributed by atoms with E-state index in [0.717, 1.165) is 32.1 Å². The van der Waals surface area contributed by atoms with Crippen LogP contribution in [0.25, 0.3) is 0 Å². The number of hydrogen-bond donors (Lipinski definition) is 1. The maximum absolute atomic E-state index is 11.7. The van der Waals surface area contributed by atoms with Crippen molar-refractivity contribution < 1.29 is 19.3 Å². The number of nitrogens with one attached hydrogen (secondary N) is 1. The normalized spacial score (nSPS) is 26.8. The number of amides is 1. The lowest BCUT2D eigenvalue weighted by molar-refractivity contribution is -0.465. The van der Waals surface area contributed by atoms with Crippen molar-refractivity contribution in [2.75, 3.05) is 7.11 Å². The van der Waals surface area contributed by atoms with Gasteiger partial charge in [0.05, 0.1) is 6.42 Å². The maximum Gasteiger partial charge on any atom is 0.222 e. The molecule has 0 aromatic carbocycles. The first-order valence-electron chi connectivity index (χ1n) is 7.70. The quantitative estimate of drug-likeness (QED) is 0.551. The van der Waals surface area contributed by atoms with Crippen LogP contribution in [0.1, 0.15) is 65.7 Å². The van der Waals surface area contributed by atoms with E-state index < -0.39 is 5.79 Å². The molecule has 0 aromatic heterocycles. The Bertz CT molecular complexity index is 286. The molecule has 0 saturated carbocycles. The summed E-state index contributed by atoms with van der Waals surface area (Å²) in [7, 11) is 1.65.